The van der Waals surface area contributed by atoms with Crippen molar-refractivity contribution >= 4 is 0 Å². The summed E-state index contributed by atoms with van der Waals surface area (Å²) in [5.41, 5.74) is 0. The topological polar surface area (TPSA) is 92.3 Å². The van der Waals surface area contributed by atoms with Crippen LogP contribution in [0.3, 0.4) is 0 Å². The largest absolute Gasteiger partial charge is 0.375 e. The molecule has 0 radical (unpaired) electrons. The van der Waals surface area contributed by atoms with Crippen molar-refractivity contribution in [3.8, 4) is 0 Å². The lowest BCUT2D eigenvalue weighted by Gasteiger charge is -2.42. The maximum atomic E-state index is 6.29. The van der Waals surface area contributed by atoms with Crippen LogP contribution in [-0.2, 0) is 47.4 Å². The van der Waals surface area contributed by atoms with Crippen LogP contribution in [0, 0.1) is 0 Å². The molecule has 210 valence electrons. The number of fused-ring (bicyclic) bond motifs is 3. The Balaban J connectivity index is 1.44. The Labute approximate surface area is 219 Å². The van der Waals surface area contributed by atoms with Gasteiger partial charge in [-0.3, -0.25) is 0 Å². The van der Waals surface area contributed by atoms with E-state index in [4.69, 9.17) is 47.4 Å². The third kappa shape index (κ3) is 7.07. The van der Waals surface area contributed by atoms with Gasteiger partial charge in [-0.1, -0.05) is 18.2 Å². The van der Waals surface area contributed by atoms with Crippen molar-refractivity contribution in [1.82, 2.24) is 0 Å². The van der Waals surface area contributed by atoms with Crippen LogP contribution in [0.4, 0.5) is 0 Å². The Bertz CT molecular complexity index is 785. The fourth-order valence-corrected chi connectivity index (χ4v) is 5.18. The number of rotatable bonds is 13. The molecule has 4 saturated heterocycles. The molecule has 0 N–H and O–H groups in total. The summed E-state index contributed by atoms with van der Waals surface area (Å²) in [6.07, 6.45) is 1.71. The van der Waals surface area contributed by atoms with E-state index in [2.05, 4.69) is 19.7 Å². The molecular weight excluding hydrogens is 484 g/mol. The van der Waals surface area contributed by atoms with Gasteiger partial charge in [-0.05, 0) is 27.7 Å². The van der Waals surface area contributed by atoms with Gasteiger partial charge in [-0.15, -0.1) is 19.7 Å². The van der Waals surface area contributed by atoms with E-state index >= 15 is 0 Å². The molecule has 4 heterocycles. The molecule has 9 unspecified atom stereocenters. The lowest BCUT2D eigenvalue weighted by Crippen LogP contribution is -2.57. The van der Waals surface area contributed by atoms with Gasteiger partial charge >= 0.3 is 0 Å². The minimum atomic E-state index is -0.785. The third-order valence-electron chi connectivity index (χ3n) is 6.53. The maximum absolute atomic E-state index is 6.29. The van der Waals surface area contributed by atoms with Crippen LogP contribution >= 0.6 is 0 Å². The molecule has 4 rings (SSSR count). The first-order valence-electron chi connectivity index (χ1n) is 12.9. The lowest BCUT2D eigenvalue weighted by atomic mass is 9.99. The van der Waals surface area contributed by atoms with Crippen LogP contribution in [0.2, 0.25) is 0 Å². The predicted octanol–water partition coefficient (Wildman–Crippen LogP) is 2.86. The van der Waals surface area contributed by atoms with Gasteiger partial charge < -0.3 is 47.4 Å². The van der Waals surface area contributed by atoms with Gasteiger partial charge in [0.15, 0.2) is 24.2 Å². The van der Waals surface area contributed by atoms with E-state index in [1.54, 1.807) is 18.2 Å². The van der Waals surface area contributed by atoms with Crippen LogP contribution in [0.5, 0.6) is 0 Å². The average molecular weight is 527 g/mol. The van der Waals surface area contributed by atoms with E-state index in [9.17, 15) is 0 Å². The van der Waals surface area contributed by atoms with Crippen molar-refractivity contribution in [1.29, 1.82) is 0 Å². The summed E-state index contributed by atoms with van der Waals surface area (Å²) in [5, 5.41) is 0. The van der Waals surface area contributed by atoms with Crippen molar-refractivity contribution in [3.05, 3.63) is 38.0 Å². The summed E-state index contributed by atoms with van der Waals surface area (Å²) < 4.78 is 61.1. The Morgan fingerprint density at radius 2 is 1.35 bits per heavy atom. The van der Waals surface area contributed by atoms with E-state index in [1.807, 2.05) is 27.7 Å². The second-order valence-corrected chi connectivity index (χ2v) is 10.5. The van der Waals surface area contributed by atoms with Crippen LogP contribution < -0.4 is 0 Å². The van der Waals surface area contributed by atoms with Gasteiger partial charge in [0.2, 0.25) is 0 Å². The highest BCUT2D eigenvalue weighted by Crippen LogP contribution is 2.44. The Morgan fingerprint density at radius 1 is 0.703 bits per heavy atom. The normalized spacial score (nSPS) is 40.1. The van der Waals surface area contributed by atoms with Crippen LogP contribution in [0.1, 0.15) is 34.1 Å². The van der Waals surface area contributed by atoms with Crippen molar-refractivity contribution in [3.63, 3.8) is 0 Å². The average Bonchev–Trinajstić information content (AvgIpc) is 3.34. The predicted molar refractivity (Wildman–Crippen MR) is 133 cm³/mol. The summed E-state index contributed by atoms with van der Waals surface area (Å²) in [5.74, 6) is -1.57. The number of hydrogen-bond donors (Lipinski definition) is 0. The summed E-state index contributed by atoms with van der Waals surface area (Å²) in [7, 11) is 0. The molecule has 10 heteroatoms. The van der Waals surface area contributed by atoms with Crippen molar-refractivity contribution in [2.75, 3.05) is 33.0 Å². The monoisotopic (exact) mass is 526 g/mol. The molecule has 0 bridgehead atoms. The maximum Gasteiger partial charge on any atom is 0.190 e. The van der Waals surface area contributed by atoms with Gasteiger partial charge in [0.25, 0.3) is 0 Å². The summed E-state index contributed by atoms with van der Waals surface area (Å²) in [6, 6.07) is 0. The third-order valence-corrected chi connectivity index (χ3v) is 6.53. The molecule has 0 aromatic heterocycles. The van der Waals surface area contributed by atoms with Gasteiger partial charge in [-0.25, -0.2) is 0 Å². The molecule has 0 aromatic rings. The molecule has 0 spiro atoms. The highest BCUT2D eigenvalue weighted by Gasteiger charge is 2.60. The molecule has 4 fully saturated rings. The van der Waals surface area contributed by atoms with E-state index < -0.39 is 42.5 Å². The van der Waals surface area contributed by atoms with Crippen LogP contribution in [0.25, 0.3) is 0 Å². The van der Waals surface area contributed by atoms with Gasteiger partial charge in [0.05, 0.1) is 39.1 Å². The van der Waals surface area contributed by atoms with Crippen LogP contribution in [-0.4, -0.2) is 99.9 Å². The second-order valence-electron chi connectivity index (χ2n) is 10.5. The Morgan fingerprint density at radius 3 is 2.08 bits per heavy atom. The quantitative estimate of drug-likeness (QED) is 0.264. The van der Waals surface area contributed by atoms with Gasteiger partial charge in [0, 0.05) is 6.42 Å². The Kier molecular flexibility index (Phi) is 9.61. The van der Waals surface area contributed by atoms with Crippen LogP contribution in [0.15, 0.2) is 38.0 Å². The van der Waals surface area contributed by atoms with E-state index in [0.29, 0.717) is 32.8 Å². The minimum Gasteiger partial charge on any atom is -0.375 e. The summed E-state index contributed by atoms with van der Waals surface area (Å²) in [4.78, 5) is 0. The molecule has 0 aliphatic carbocycles. The van der Waals surface area contributed by atoms with E-state index in [0.717, 1.165) is 0 Å². The standard InChI is InChI=1S/C27H42O10/c1-8-11-28-15-18-21(30-13-10-3)17(29-12-9-2)14-20(32-18)31-16-19-22-23(35-26(4,5)34-22)24-25(33-19)37-27(6,7)36-24/h8-10,17-25H,1-3,11-16H2,4-7H3. The molecule has 37 heavy (non-hydrogen) atoms. The van der Waals surface area contributed by atoms with Crippen molar-refractivity contribution < 1.29 is 47.4 Å². The Hall–Kier alpha value is -1.18. The molecule has 0 amide bonds. The highest BCUT2D eigenvalue weighted by atomic mass is 16.9. The summed E-state index contributed by atoms with van der Waals surface area (Å²) >= 11 is 0. The summed E-state index contributed by atoms with van der Waals surface area (Å²) in [6.45, 7) is 20.3. The molecule has 0 saturated carbocycles. The zero-order valence-corrected chi connectivity index (χ0v) is 22.4. The lowest BCUT2D eigenvalue weighted by molar-refractivity contribution is -0.292. The molecular formula is C27H42O10. The van der Waals surface area contributed by atoms with E-state index in [-0.39, 0.29) is 31.0 Å². The second kappa shape index (κ2) is 12.3. The highest BCUT2D eigenvalue weighted by molar-refractivity contribution is 5.00. The number of ether oxygens (including phenoxy) is 10. The van der Waals surface area contributed by atoms with Gasteiger partial charge in [0.1, 0.15) is 36.6 Å². The minimum absolute atomic E-state index is 0.199. The molecule has 0 aromatic carbocycles. The SMILES string of the molecule is C=CCOCC1OC(OCC2OC3OC(C)(C)OC3C3OC(C)(C)OC23)CC(OCC=C)C1OCC=C. The van der Waals surface area contributed by atoms with Crippen molar-refractivity contribution in [2.24, 2.45) is 0 Å². The fourth-order valence-electron chi connectivity index (χ4n) is 5.18. The van der Waals surface area contributed by atoms with Gasteiger partial charge in [-0.2, -0.15) is 0 Å². The zero-order valence-electron chi connectivity index (χ0n) is 22.4. The molecule has 4 aliphatic rings. The zero-order chi connectivity index (χ0) is 26.6. The first-order valence-corrected chi connectivity index (χ1v) is 12.9. The molecule has 4 aliphatic heterocycles. The molecule has 9 atom stereocenters. The fraction of sp³-hybridized carbons (Fsp3) is 0.778. The first kappa shape index (κ1) is 28.8. The van der Waals surface area contributed by atoms with E-state index in [1.165, 1.54) is 0 Å². The first-order chi connectivity index (χ1) is 17.7. The number of hydrogen-bond acceptors (Lipinski definition) is 10. The van der Waals surface area contributed by atoms with Crippen molar-refractivity contribution in [2.45, 2.75) is 101 Å². The molecule has 10 nitrogen and oxygen atoms in total. The smallest absolute Gasteiger partial charge is 0.190 e.